The van der Waals surface area contributed by atoms with Crippen molar-refractivity contribution in [3.05, 3.63) is 79.0 Å². The number of hydrogen-bond donors (Lipinski definition) is 3. The van der Waals surface area contributed by atoms with E-state index in [4.69, 9.17) is 4.43 Å². The van der Waals surface area contributed by atoms with Crippen LogP contribution in [0.1, 0.15) is 20.8 Å². The zero-order valence-electron chi connectivity index (χ0n) is 21.3. The molecule has 4 rings (SSSR count). The lowest BCUT2D eigenvalue weighted by molar-refractivity contribution is -0.118. The fraction of sp³-hybridized carbons (Fsp3) is 0.259. The third kappa shape index (κ3) is 5.17. The smallest absolute Gasteiger partial charge is 0.432 e. The molecule has 0 aliphatic heterocycles. The van der Waals surface area contributed by atoms with Crippen LogP contribution in [0, 0.1) is 0 Å². The van der Waals surface area contributed by atoms with Crippen LogP contribution >= 0.6 is 0 Å². The van der Waals surface area contributed by atoms with E-state index in [-0.39, 0.29) is 17.6 Å². The van der Waals surface area contributed by atoms with Crippen molar-refractivity contribution in [3.63, 3.8) is 0 Å². The van der Waals surface area contributed by atoms with Gasteiger partial charge in [-0.15, -0.1) is 0 Å². The Hall–Kier alpha value is -3.86. The number of carbonyl (C=O) groups excluding carboxylic acids is 1. The topological polar surface area (TPSA) is 118 Å². The first kappa shape index (κ1) is 26.2. The van der Waals surface area contributed by atoms with E-state index in [1.54, 1.807) is 19.2 Å². The Balaban J connectivity index is 1.60. The summed E-state index contributed by atoms with van der Waals surface area (Å²) in [6.45, 7) is 6.70. The molecule has 9 nitrogen and oxygen atoms in total. The van der Waals surface area contributed by atoms with E-state index in [2.05, 4.69) is 65.8 Å². The molecule has 3 N–H and O–H groups in total. The molecule has 0 unspecified atom stereocenters. The molecule has 0 aliphatic rings. The van der Waals surface area contributed by atoms with Crippen LogP contribution in [0.3, 0.4) is 0 Å². The van der Waals surface area contributed by atoms with Crippen LogP contribution in [0.15, 0.2) is 79.0 Å². The maximum absolute atomic E-state index is 13.2. The molecule has 2 heterocycles. The molecule has 2 aromatic carbocycles. The van der Waals surface area contributed by atoms with Gasteiger partial charge in [0.15, 0.2) is 0 Å². The Labute approximate surface area is 216 Å². The van der Waals surface area contributed by atoms with Gasteiger partial charge in [0.2, 0.25) is 5.91 Å². The molecule has 0 spiro atoms. The summed E-state index contributed by atoms with van der Waals surface area (Å²) in [4.78, 5) is 28.9. The highest BCUT2D eigenvalue weighted by molar-refractivity contribution is 6.99. The van der Waals surface area contributed by atoms with Crippen LogP contribution < -0.4 is 21.0 Å². The van der Waals surface area contributed by atoms with Gasteiger partial charge in [0.05, 0.1) is 18.3 Å². The molecule has 192 valence electrons. The number of fused-ring (bicyclic) bond motifs is 1. The van der Waals surface area contributed by atoms with Crippen molar-refractivity contribution in [2.24, 2.45) is 0 Å². The van der Waals surface area contributed by atoms with Crippen molar-refractivity contribution in [1.82, 2.24) is 20.1 Å². The summed E-state index contributed by atoms with van der Waals surface area (Å²) in [5.74, 6) is -0.00829. The van der Waals surface area contributed by atoms with E-state index in [9.17, 15) is 14.7 Å². The number of carboxylic acid groups (broad SMARTS) is 1. The number of benzene rings is 2. The zero-order chi connectivity index (χ0) is 26.6. The van der Waals surface area contributed by atoms with Crippen LogP contribution in [0.2, 0.25) is 5.04 Å². The predicted octanol–water partition coefficient (Wildman–Crippen LogP) is 3.06. The maximum atomic E-state index is 13.2. The third-order valence-corrected chi connectivity index (χ3v) is 11.4. The van der Waals surface area contributed by atoms with Gasteiger partial charge >= 0.3 is 6.09 Å². The van der Waals surface area contributed by atoms with Gasteiger partial charge in [0.25, 0.3) is 8.32 Å². The molecule has 10 heteroatoms. The van der Waals surface area contributed by atoms with E-state index in [0.717, 1.165) is 15.1 Å². The molecular formula is C27H31N5O4Si. The first-order chi connectivity index (χ1) is 17.7. The summed E-state index contributed by atoms with van der Waals surface area (Å²) in [5, 5.41) is 21.0. The van der Waals surface area contributed by atoms with Gasteiger partial charge in [0.1, 0.15) is 17.4 Å². The van der Waals surface area contributed by atoms with Crippen LogP contribution in [0.5, 0.6) is 0 Å². The Morgan fingerprint density at radius 1 is 1.00 bits per heavy atom. The van der Waals surface area contributed by atoms with Crippen LogP contribution in [0.25, 0.3) is 11.0 Å². The van der Waals surface area contributed by atoms with Crippen molar-refractivity contribution < 1.29 is 19.1 Å². The monoisotopic (exact) mass is 517 g/mol. The first-order valence-corrected chi connectivity index (χ1v) is 13.9. The van der Waals surface area contributed by atoms with Gasteiger partial charge in [-0.2, -0.15) is 9.78 Å². The van der Waals surface area contributed by atoms with Crippen LogP contribution in [0.4, 0.5) is 10.6 Å². The highest BCUT2D eigenvalue weighted by Gasteiger charge is 2.50. The number of nitrogens with zero attached hydrogens (tertiary/aromatic N) is 3. The Kier molecular flexibility index (Phi) is 7.53. The van der Waals surface area contributed by atoms with Gasteiger partial charge in [0, 0.05) is 0 Å². The average Bonchev–Trinajstić information content (AvgIpc) is 3.31. The molecule has 0 bridgehead atoms. The standard InChI is InChI=1S/C27H31N5O4Si/c1-27(2,3)37(19-11-7-5-8-12-19,20-13-9-6-10-14-20)36-18-22(28-4)25(33)31-24-16-15-23-21(30-24)17-29-32(23)26(34)35/h5-17,22,28H,18H2,1-4H3,(H,34,35)(H,30,31,33)/t22-/m1/s1. The number of anilines is 1. The summed E-state index contributed by atoms with van der Waals surface area (Å²) < 4.78 is 7.73. The molecule has 0 radical (unpaired) electrons. The molecule has 0 fully saturated rings. The summed E-state index contributed by atoms with van der Waals surface area (Å²) in [5.41, 5.74) is 0.704. The number of aromatic nitrogens is 3. The highest BCUT2D eigenvalue weighted by Crippen LogP contribution is 2.36. The van der Waals surface area contributed by atoms with Gasteiger partial charge in [-0.3, -0.25) is 4.79 Å². The van der Waals surface area contributed by atoms with E-state index in [0.29, 0.717) is 16.9 Å². The van der Waals surface area contributed by atoms with E-state index in [1.807, 2.05) is 36.4 Å². The van der Waals surface area contributed by atoms with Crippen molar-refractivity contribution in [3.8, 4) is 0 Å². The summed E-state index contributed by atoms with van der Waals surface area (Å²) in [6, 6.07) is 22.9. The second-order valence-corrected chi connectivity index (χ2v) is 14.1. The number of nitrogens with one attached hydrogen (secondary N) is 2. The lowest BCUT2D eigenvalue weighted by atomic mass is 10.2. The normalized spacial score (nSPS) is 12.9. The molecule has 0 saturated heterocycles. The minimum Gasteiger partial charge on any atom is -0.463 e. The summed E-state index contributed by atoms with van der Waals surface area (Å²) >= 11 is 0. The molecule has 4 aromatic rings. The molecule has 0 aliphatic carbocycles. The number of likely N-dealkylation sites (N-methyl/N-ethyl adjacent to an activating group) is 1. The minimum atomic E-state index is -2.81. The quantitative estimate of drug-likeness (QED) is 0.308. The number of amides is 1. The SMILES string of the molecule is CN[C@H](CO[Si](c1ccccc1)(c1ccccc1)C(C)(C)C)C(=O)Nc1ccc2c(cnn2C(=O)O)n1. The Bertz CT molecular complexity index is 1350. The van der Waals surface area contributed by atoms with Gasteiger partial charge in [-0.25, -0.2) is 9.78 Å². The zero-order valence-corrected chi connectivity index (χ0v) is 22.3. The number of hydrogen-bond acceptors (Lipinski definition) is 6. The largest absolute Gasteiger partial charge is 0.463 e. The third-order valence-electron chi connectivity index (χ3n) is 6.41. The van der Waals surface area contributed by atoms with Gasteiger partial charge in [-0.1, -0.05) is 81.4 Å². The predicted molar refractivity (Wildman–Crippen MR) is 146 cm³/mol. The number of pyridine rings is 1. The molecule has 1 atom stereocenters. The molecule has 1 amide bonds. The molecular weight excluding hydrogens is 486 g/mol. The second kappa shape index (κ2) is 10.6. The minimum absolute atomic E-state index is 0.148. The van der Waals surface area contributed by atoms with E-state index < -0.39 is 20.5 Å². The number of carbonyl (C=O) groups is 2. The van der Waals surface area contributed by atoms with E-state index in [1.165, 1.54) is 6.20 Å². The molecule has 37 heavy (non-hydrogen) atoms. The summed E-state index contributed by atoms with van der Waals surface area (Å²) in [6.07, 6.45) is 0.144. The van der Waals surface area contributed by atoms with E-state index >= 15 is 0 Å². The van der Waals surface area contributed by atoms with Crippen LogP contribution in [-0.4, -0.2) is 59.9 Å². The lowest BCUT2D eigenvalue weighted by Gasteiger charge is -2.43. The van der Waals surface area contributed by atoms with Gasteiger partial charge < -0.3 is 20.2 Å². The molecule has 0 saturated carbocycles. The van der Waals surface area contributed by atoms with Crippen molar-refractivity contribution >= 4 is 47.5 Å². The fourth-order valence-electron chi connectivity index (χ4n) is 4.61. The van der Waals surface area contributed by atoms with Crippen LogP contribution in [-0.2, 0) is 9.22 Å². The van der Waals surface area contributed by atoms with Gasteiger partial charge in [-0.05, 0) is 34.6 Å². The Morgan fingerprint density at radius 3 is 2.11 bits per heavy atom. The fourth-order valence-corrected chi connectivity index (χ4v) is 9.18. The van der Waals surface area contributed by atoms with Crippen molar-refractivity contribution in [2.75, 3.05) is 19.0 Å². The van der Waals surface area contributed by atoms with Crippen molar-refractivity contribution in [1.29, 1.82) is 0 Å². The summed E-state index contributed by atoms with van der Waals surface area (Å²) in [7, 11) is -1.10. The lowest BCUT2D eigenvalue weighted by Crippen LogP contribution is -2.67. The molecule has 2 aromatic heterocycles. The number of rotatable bonds is 8. The second-order valence-electron chi connectivity index (χ2n) is 9.74. The Morgan fingerprint density at radius 2 is 1.59 bits per heavy atom. The first-order valence-electron chi connectivity index (χ1n) is 12.0. The maximum Gasteiger partial charge on any atom is 0.432 e. The average molecular weight is 518 g/mol. The van der Waals surface area contributed by atoms with Crippen molar-refractivity contribution in [2.45, 2.75) is 31.9 Å². The highest BCUT2D eigenvalue weighted by atomic mass is 28.4.